The summed E-state index contributed by atoms with van der Waals surface area (Å²) in [7, 11) is 0. The highest BCUT2D eigenvalue weighted by Crippen LogP contribution is 2.39. The third-order valence-corrected chi connectivity index (χ3v) is 4.24. The Balaban J connectivity index is 2.07. The van der Waals surface area contributed by atoms with Crippen LogP contribution in [0.2, 0.25) is 0 Å². The fourth-order valence-corrected chi connectivity index (χ4v) is 3.10. The van der Waals surface area contributed by atoms with Crippen LogP contribution in [0.5, 0.6) is 0 Å². The lowest BCUT2D eigenvalue weighted by atomic mass is 9.94. The number of carbonyl (C=O) groups excluding carboxylic acids is 1. The van der Waals surface area contributed by atoms with E-state index < -0.39 is 11.9 Å². The Morgan fingerprint density at radius 1 is 1.28 bits per heavy atom. The van der Waals surface area contributed by atoms with Crippen LogP contribution >= 0.6 is 0 Å². The van der Waals surface area contributed by atoms with Crippen molar-refractivity contribution in [1.82, 2.24) is 4.90 Å². The van der Waals surface area contributed by atoms with Gasteiger partial charge in [0.15, 0.2) is 0 Å². The van der Waals surface area contributed by atoms with Gasteiger partial charge in [-0.15, -0.1) is 0 Å². The SMILES string of the molecule is CCC1CC(C(=O)O)C(C(=O)N2CC=CCC2)C1. The van der Waals surface area contributed by atoms with E-state index in [-0.39, 0.29) is 11.8 Å². The number of hydrogen-bond donors (Lipinski definition) is 1. The normalized spacial score (nSPS) is 31.6. The third-order valence-electron chi connectivity index (χ3n) is 4.24. The molecule has 0 bridgehead atoms. The number of hydrogen-bond acceptors (Lipinski definition) is 2. The van der Waals surface area contributed by atoms with E-state index in [2.05, 4.69) is 13.0 Å². The molecule has 2 aliphatic rings. The van der Waals surface area contributed by atoms with E-state index in [0.717, 1.165) is 25.8 Å². The zero-order chi connectivity index (χ0) is 13.1. The Morgan fingerprint density at radius 2 is 2.00 bits per heavy atom. The minimum absolute atomic E-state index is 0.0442. The van der Waals surface area contributed by atoms with E-state index in [9.17, 15) is 14.7 Å². The molecular weight excluding hydrogens is 230 g/mol. The Kier molecular flexibility index (Phi) is 4.04. The zero-order valence-electron chi connectivity index (χ0n) is 10.8. The first-order chi connectivity index (χ1) is 8.63. The molecule has 1 aliphatic carbocycles. The molecule has 3 unspecified atom stereocenters. The summed E-state index contributed by atoms with van der Waals surface area (Å²) in [5.74, 6) is -1.16. The summed E-state index contributed by atoms with van der Waals surface area (Å²) in [5, 5.41) is 9.26. The van der Waals surface area contributed by atoms with Crippen molar-refractivity contribution in [2.45, 2.75) is 32.6 Å². The van der Waals surface area contributed by atoms with Gasteiger partial charge in [-0.05, 0) is 25.2 Å². The van der Waals surface area contributed by atoms with Crippen LogP contribution in [-0.2, 0) is 9.59 Å². The van der Waals surface area contributed by atoms with E-state index in [0.29, 0.717) is 18.9 Å². The highest BCUT2D eigenvalue weighted by Gasteiger charge is 2.43. The molecule has 0 saturated heterocycles. The molecule has 4 nitrogen and oxygen atoms in total. The smallest absolute Gasteiger partial charge is 0.307 e. The van der Waals surface area contributed by atoms with Gasteiger partial charge in [-0.2, -0.15) is 0 Å². The van der Waals surface area contributed by atoms with Crippen LogP contribution < -0.4 is 0 Å². The Hall–Kier alpha value is -1.32. The molecular formula is C14H21NO3. The quantitative estimate of drug-likeness (QED) is 0.779. The minimum Gasteiger partial charge on any atom is -0.481 e. The van der Waals surface area contributed by atoms with Gasteiger partial charge in [0, 0.05) is 13.1 Å². The zero-order valence-corrected chi connectivity index (χ0v) is 10.8. The van der Waals surface area contributed by atoms with Crippen molar-refractivity contribution in [3.05, 3.63) is 12.2 Å². The summed E-state index contributed by atoms with van der Waals surface area (Å²) < 4.78 is 0. The Morgan fingerprint density at radius 3 is 2.56 bits per heavy atom. The predicted octanol–water partition coefficient (Wildman–Crippen LogP) is 1.91. The van der Waals surface area contributed by atoms with E-state index in [1.54, 1.807) is 4.90 Å². The van der Waals surface area contributed by atoms with Gasteiger partial charge >= 0.3 is 5.97 Å². The minimum atomic E-state index is -0.808. The maximum absolute atomic E-state index is 12.4. The first-order valence-corrected chi connectivity index (χ1v) is 6.80. The van der Waals surface area contributed by atoms with E-state index in [1.807, 2.05) is 6.08 Å². The molecule has 0 aromatic carbocycles. The molecule has 4 heteroatoms. The number of carboxylic acids is 1. The molecule has 3 atom stereocenters. The number of carboxylic acid groups (broad SMARTS) is 1. The van der Waals surface area contributed by atoms with Gasteiger partial charge in [0.2, 0.25) is 5.91 Å². The first kappa shape index (κ1) is 13.1. The second-order valence-electron chi connectivity index (χ2n) is 5.34. The van der Waals surface area contributed by atoms with Gasteiger partial charge in [0.1, 0.15) is 0 Å². The lowest BCUT2D eigenvalue weighted by Gasteiger charge is -2.27. The van der Waals surface area contributed by atoms with Gasteiger partial charge in [0.25, 0.3) is 0 Å². The summed E-state index contributed by atoms with van der Waals surface area (Å²) in [6.07, 6.45) is 7.31. The van der Waals surface area contributed by atoms with Gasteiger partial charge in [-0.3, -0.25) is 9.59 Å². The molecule has 0 spiro atoms. The second-order valence-corrected chi connectivity index (χ2v) is 5.34. The van der Waals surface area contributed by atoms with Crippen molar-refractivity contribution in [3.8, 4) is 0 Å². The average molecular weight is 251 g/mol. The number of carbonyl (C=O) groups is 2. The molecule has 0 radical (unpaired) electrons. The van der Waals surface area contributed by atoms with Crippen LogP contribution in [-0.4, -0.2) is 35.0 Å². The number of aliphatic carboxylic acids is 1. The third kappa shape index (κ3) is 2.57. The van der Waals surface area contributed by atoms with Crippen molar-refractivity contribution < 1.29 is 14.7 Å². The van der Waals surface area contributed by atoms with E-state index in [4.69, 9.17) is 0 Å². The molecule has 1 fully saturated rings. The lowest BCUT2D eigenvalue weighted by Crippen LogP contribution is -2.40. The largest absolute Gasteiger partial charge is 0.481 e. The first-order valence-electron chi connectivity index (χ1n) is 6.80. The summed E-state index contributed by atoms with van der Waals surface area (Å²) in [5.41, 5.74) is 0. The van der Waals surface area contributed by atoms with Crippen molar-refractivity contribution >= 4 is 11.9 Å². The second kappa shape index (κ2) is 5.55. The van der Waals surface area contributed by atoms with Crippen molar-refractivity contribution in [2.75, 3.05) is 13.1 Å². The predicted molar refractivity (Wildman–Crippen MR) is 68.0 cm³/mol. The molecule has 1 amide bonds. The van der Waals surface area contributed by atoms with E-state index >= 15 is 0 Å². The summed E-state index contributed by atoms with van der Waals surface area (Å²) >= 11 is 0. The lowest BCUT2D eigenvalue weighted by molar-refractivity contribution is -0.149. The van der Waals surface area contributed by atoms with Gasteiger partial charge < -0.3 is 10.0 Å². The molecule has 2 rings (SSSR count). The highest BCUT2D eigenvalue weighted by atomic mass is 16.4. The van der Waals surface area contributed by atoms with Gasteiger partial charge in [0.05, 0.1) is 11.8 Å². The van der Waals surface area contributed by atoms with Crippen LogP contribution in [0.25, 0.3) is 0 Å². The van der Waals surface area contributed by atoms with Crippen LogP contribution in [0.3, 0.4) is 0 Å². The fourth-order valence-electron chi connectivity index (χ4n) is 3.10. The number of rotatable bonds is 3. The number of nitrogens with zero attached hydrogens (tertiary/aromatic N) is 1. The highest BCUT2D eigenvalue weighted by molar-refractivity contribution is 5.85. The topological polar surface area (TPSA) is 57.6 Å². The molecule has 18 heavy (non-hydrogen) atoms. The Labute approximate surface area is 108 Å². The standard InChI is InChI=1S/C14H21NO3/c1-2-10-8-11(12(9-10)14(17)18)13(16)15-6-4-3-5-7-15/h3-4,10-12H,2,5-9H2,1H3,(H,17,18). The molecule has 1 saturated carbocycles. The maximum Gasteiger partial charge on any atom is 0.307 e. The van der Waals surface area contributed by atoms with Crippen molar-refractivity contribution in [3.63, 3.8) is 0 Å². The summed E-state index contributed by atoms with van der Waals surface area (Å²) in [6, 6.07) is 0. The molecule has 0 aromatic heterocycles. The van der Waals surface area contributed by atoms with Crippen molar-refractivity contribution in [1.29, 1.82) is 0 Å². The van der Waals surface area contributed by atoms with Crippen LogP contribution in [0, 0.1) is 17.8 Å². The van der Waals surface area contributed by atoms with Gasteiger partial charge in [-0.1, -0.05) is 25.5 Å². The van der Waals surface area contributed by atoms with E-state index in [1.165, 1.54) is 0 Å². The maximum atomic E-state index is 12.4. The number of amides is 1. The molecule has 100 valence electrons. The monoisotopic (exact) mass is 251 g/mol. The summed E-state index contributed by atoms with van der Waals surface area (Å²) in [6.45, 7) is 3.44. The molecule has 1 N–H and O–H groups in total. The molecule has 0 aromatic rings. The van der Waals surface area contributed by atoms with Crippen LogP contribution in [0.4, 0.5) is 0 Å². The average Bonchev–Trinajstić information content (AvgIpc) is 2.83. The van der Waals surface area contributed by atoms with Crippen LogP contribution in [0.1, 0.15) is 32.6 Å². The molecule has 1 heterocycles. The Bertz CT molecular complexity index is 364. The summed E-state index contributed by atoms with van der Waals surface area (Å²) in [4.78, 5) is 25.5. The molecule has 1 aliphatic heterocycles. The van der Waals surface area contributed by atoms with Gasteiger partial charge in [-0.25, -0.2) is 0 Å². The van der Waals surface area contributed by atoms with Crippen LogP contribution in [0.15, 0.2) is 12.2 Å². The van der Waals surface area contributed by atoms with Crippen molar-refractivity contribution in [2.24, 2.45) is 17.8 Å². The fraction of sp³-hybridized carbons (Fsp3) is 0.714.